The highest BCUT2D eigenvalue weighted by Crippen LogP contribution is 2.46. The van der Waals surface area contributed by atoms with E-state index in [9.17, 15) is 9.90 Å². The molecule has 1 aromatic rings. The summed E-state index contributed by atoms with van der Waals surface area (Å²) in [5.41, 5.74) is 3.45. The van der Waals surface area contributed by atoms with Crippen molar-refractivity contribution in [3.05, 3.63) is 40.1 Å². The number of carbonyl (C=O) groups is 1. The first-order valence-electron chi connectivity index (χ1n) is 9.53. The predicted octanol–water partition coefficient (Wildman–Crippen LogP) is 3.46. The lowest BCUT2D eigenvalue weighted by molar-refractivity contribution is -0.245. The number of aryl methyl sites for hydroxylation is 3. The number of hydrogen-bond acceptors (Lipinski definition) is 5. The minimum absolute atomic E-state index is 0.124. The number of hydrogen-bond donors (Lipinski definition) is 1. The van der Waals surface area contributed by atoms with Crippen LogP contribution in [0.1, 0.15) is 48.9 Å². The molecule has 27 heavy (non-hydrogen) atoms. The molecule has 0 aromatic heterocycles. The fourth-order valence-electron chi connectivity index (χ4n) is 4.36. The molecule has 2 aliphatic heterocycles. The van der Waals surface area contributed by atoms with E-state index < -0.39 is 5.54 Å². The number of piperidine rings is 1. The molecule has 0 unspecified atom stereocenters. The normalized spacial score (nSPS) is 20.4. The van der Waals surface area contributed by atoms with Gasteiger partial charge in [-0.1, -0.05) is 17.7 Å². The summed E-state index contributed by atoms with van der Waals surface area (Å²) >= 11 is 0. The molecule has 1 saturated heterocycles. The summed E-state index contributed by atoms with van der Waals surface area (Å²) < 4.78 is 0. The van der Waals surface area contributed by atoms with Crippen LogP contribution in [0.25, 0.3) is 5.57 Å². The first-order chi connectivity index (χ1) is 12.7. The molecule has 3 rings (SSSR count). The average Bonchev–Trinajstić information content (AvgIpc) is 2.78. The minimum Gasteiger partial charge on any atom is -0.509 e. The maximum atomic E-state index is 13.4. The molecule has 2 heterocycles. The molecule has 0 radical (unpaired) electrons. The molecule has 6 heteroatoms. The number of aliphatic hydroxyl groups excluding tert-OH is 1. The number of hydroxylamine groups is 4. The van der Waals surface area contributed by atoms with E-state index in [2.05, 4.69) is 0 Å². The molecular weight excluding hydrogens is 344 g/mol. The second-order valence-corrected chi connectivity index (χ2v) is 7.89. The Morgan fingerprint density at radius 1 is 1.11 bits per heavy atom. The molecule has 1 amide bonds. The summed E-state index contributed by atoms with van der Waals surface area (Å²) in [4.78, 5) is 24.7. The van der Waals surface area contributed by atoms with Gasteiger partial charge < -0.3 is 9.94 Å². The maximum absolute atomic E-state index is 13.4. The molecule has 0 atom stereocenters. The van der Waals surface area contributed by atoms with E-state index in [0.717, 1.165) is 22.3 Å². The van der Waals surface area contributed by atoms with Crippen molar-refractivity contribution in [1.82, 2.24) is 10.1 Å². The highest BCUT2D eigenvalue weighted by atomic mass is 16.7. The standard InChI is InChI=1S/C21H30N2O4/c1-13(2)27-23-20(25)18(17-15(4)11-14(3)12-16(17)5)19(24)21(23)7-9-22(26-6)10-8-21/h11-13,24H,7-10H2,1-6H3. The Morgan fingerprint density at radius 3 is 2.15 bits per heavy atom. The van der Waals surface area contributed by atoms with Crippen LogP contribution < -0.4 is 0 Å². The molecule has 0 aliphatic carbocycles. The molecule has 2 aliphatic rings. The van der Waals surface area contributed by atoms with Gasteiger partial charge in [0.1, 0.15) is 11.3 Å². The number of amides is 1. The zero-order valence-electron chi connectivity index (χ0n) is 17.1. The van der Waals surface area contributed by atoms with Gasteiger partial charge in [0.25, 0.3) is 5.91 Å². The van der Waals surface area contributed by atoms with Crippen molar-refractivity contribution in [3.63, 3.8) is 0 Å². The molecule has 1 N–H and O–H groups in total. The summed E-state index contributed by atoms with van der Waals surface area (Å²) in [5.74, 6) is -0.138. The van der Waals surface area contributed by atoms with Crippen molar-refractivity contribution in [2.45, 2.75) is 59.1 Å². The topological polar surface area (TPSA) is 62.2 Å². The Bertz CT molecular complexity index is 753. The Kier molecular flexibility index (Phi) is 5.34. The zero-order valence-corrected chi connectivity index (χ0v) is 17.1. The van der Waals surface area contributed by atoms with Crippen molar-refractivity contribution < 1.29 is 19.6 Å². The van der Waals surface area contributed by atoms with E-state index in [4.69, 9.17) is 9.68 Å². The van der Waals surface area contributed by atoms with Crippen LogP contribution >= 0.6 is 0 Å². The Morgan fingerprint density at radius 2 is 1.67 bits per heavy atom. The predicted molar refractivity (Wildman–Crippen MR) is 104 cm³/mol. The van der Waals surface area contributed by atoms with E-state index in [1.54, 1.807) is 7.11 Å². The zero-order chi connectivity index (χ0) is 19.9. The third-order valence-corrected chi connectivity index (χ3v) is 5.52. The lowest BCUT2D eigenvalue weighted by atomic mass is 9.85. The van der Waals surface area contributed by atoms with Gasteiger partial charge in [-0.2, -0.15) is 5.06 Å². The van der Waals surface area contributed by atoms with Crippen LogP contribution in [0.4, 0.5) is 0 Å². The summed E-state index contributed by atoms with van der Waals surface area (Å²) in [6.07, 6.45) is 0.940. The van der Waals surface area contributed by atoms with Crippen molar-refractivity contribution in [3.8, 4) is 0 Å². The van der Waals surface area contributed by atoms with Gasteiger partial charge >= 0.3 is 0 Å². The van der Waals surface area contributed by atoms with Crippen LogP contribution in [-0.4, -0.2) is 53.0 Å². The van der Waals surface area contributed by atoms with Gasteiger partial charge in [-0.25, -0.2) is 5.06 Å². The van der Waals surface area contributed by atoms with E-state index in [0.29, 0.717) is 31.5 Å². The average molecular weight is 374 g/mol. The molecule has 6 nitrogen and oxygen atoms in total. The van der Waals surface area contributed by atoms with E-state index in [1.807, 2.05) is 51.8 Å². The molecule has 148 valence electrons. The number of rotatable bonds is 4. The maximum Gasteiger partial charge on any atom is 0.282 e. The van der Waals surface area contributed by atoms with Gasteiger partial charge in [0, 0.05) is 13.1 Å². The van der Waals surface area contributed by atoms with E-state index in [-0.39, 0.29) is 17.8 Å². The van der Waals surface area contributed by atoms with Crippen LogP contribution in [0.5, 0.6) is 0 Å². The van der Waals surface area contributed by atoms with Crippen LogP contribution in [-0.2, 0) is 14.5 Å². The van der Waals surface area contributed by atoms with Crippen LogP contribution in [0.15, 0.2) is 17.9 Å². The second kappa shape index (κ2) is 7.26. The summed E-state index contributed by atoms with van der Waals surface area (Å²) in [6.45, 7) is 11.0. The lowest BCUT2D eigenvalue weighted by Crippen LogP contribution is -2.55. The fraction of sp³-hybridized carbons (Fsp3) is 0.571. The fourth-order valence-corrected chi connectivity index (χ4v) is 4.36. The summed E-state index contributed by atoms with van der Waals surface area (Å²) in [5, 5.41) is 14.6. The Balaban J connectivity index is 2.13. The van der Waals surface area contributed by atoms with Crippen molar-refractivity contribution in [2.75, 3.05) is 20.2 Å². The van der Waals surface area contributed by atoms with Crippen LogP contribution in [0.2, 0.25) is 0 Å². The summed E-state index contributed by atoms with van der Waals surface area (Å²) in [7, 11) is 1.64. The molecule has 0 bridgehead atoms. The third kappa shape index (κ3) is 3.26. The molecule has 0 saturated carbocycles. The van der Waals surface area contributed by atoms with Crippen molar-refractivity contribution in [1.29, 1.82) is 0 Å². The smallest absolute Gasteiger partial charge is 0.282 e. The molecule has 1 aromatic carbocycles. The van der Waals surface area contributed by atoms with Gasteiger partial charge in [-0.3, -0.25) is 9.63 Å². The van der Waals surface area contributed by atoms with Crippen LogP contribution in [0, 0.1) is 20.8 Å². The van der Waals surface area contributed by atoms with E-state index >= 15 is 0 Å². The number of nitrogens with zero attached hydrogens (tertiary/aromatic N) is 2. The Labute approximate surface area is 161 Å². The molecule has 1 fully saturated rings. The SMILES string of the molecule is CON1CCC2(CC1)C(O)=C(c1c(C)cc(C)cc1C)C(=O)N2OC(C)C. The number of benzene rings is 1. The first kappa shape index (κ1) is 19.9. The lowest BCUT2D eigenvalue weighted by Gasteiger charge is -2.43. The summed E-state index contributed by atoms with van der Waals surface area (Å²) in [6, 6.07) is 4.09. The van der Waals surface area contributed by atoms with E-state index in [1.165, 1.54) is 5.06 Å². The molecule has 1 spiro atoms. The largest absolute Gasteiger partial charge is 0.509 e. The third-order valence-electron chi connectivity index (χ3n) is 5.52. The van der Waals surface area contributed by atoms with Gasteiger partial charge in [0.15, 0.2) is 0 Å². The van der Waals surface area contributed by atoms with Gasteiger partial charge in [-0.05, 0) is 64.2 Å². The van der Waals surface area contributed by atoms with Gasteiger partial charge in [0.05, 0.1) is 18.8 Å². The van der Waals surface area contributed by atoms with Crippen molar-refractivity contribution >= 4 is 11.5 Å². The van der Waals surface area contributed by atoms with Gasteiger partial charge in [0.2, 0.25) is 0 Å². The van der Waals surface area contributed by atoms with Crippen molar-refractivity contribution in [2.24, 2.45) is 0 Å². The highest BCUT2D eigenvalue weighted by Gasteiger charge is 2.55. The Hall–Kier alpha value is -1.89. The quantitative estimate of drug-likeness (QED) is 0.874. The first-order valence-corrected chi connectivity index (χ1v) is 9.53. The highest BCUT2D eigenvalue weighted by molar-refractivity contribution is 6.23. The molecular formula is C21H30N2O4. The minimum atomic E-state index is -0.838. The number of aliphatic hydroxyl groups is 1. The van der Waals surface area contributed by atoms with Gasteiger partial charge in [-0.15, -0.1) is 0 Å². The second-order valence-electron chi connectivity index (χ2n) is 7.89. The monoisotopic (exact) mass is 374 g/mol. The van der Waals surface area contributed by atoms with Crippen LogP contribution in [0.3, 0.4) is 0 Å². The number of carbonyl (C=O) groups excluding carboxylic acids is 1.